The van der Waals surface area contributed by atoms with Crippen molar-refractivity contribution in [1.82, 2.24) is 10.6 Å². The van der Waals surface area contributed by atoms with Crippen LogP contribution < -0.4 is 10.6 Å². The van der Waals surface area contributed by atoms with Crippen molar-refractivity contribution >= 4 is 6.09 Å². The molecular formula is C18H36N2O2. The molecule has 4 nitrogen and oxygen atoms in total. The number of rotatable bonds is 4. The van der Waals surface area contributed by atoms with E-state index in [9.17, 15) is 4.79 Å². The third-order valence-corrected chi connectivity index (χ3v) is 4.03. The van der Waals surface area contributed by atoms with Gasteiger partial charge in [0.05, 0.1) is 0 Å². The summed E-state index contributed by atoms with van der Waals surface area (Å²) in [5.74, 6) is 0. The third-order valence-electron chi connectivity index (χ3n) is 4.03. The van der Waals surface area contributed by atoms with E-state index in [1.165, 1.54) is 19.3 Å². The Morgan fingerprint density at radius 3 is 2.14 bits per heavy atom. The van der Waals surface area contributed by atoms with Crippen LogP contribution in [0, 0.1) is 10.8 Å². The van der Waals surface area contributed by atoms with Gasteiger partial charge in [-0.1, -0.05) is 27.7 Å². The first-order valence-corrected chi connectivity index (χ1v) is 8.51. The van der Waals surface area contributed by atoms with Gasteiger partial charge in [-0.25, -0.2) is 4.79 Å². The van der Waals surface area contributed by atoms with Crippen molar-refractivity contribution in [2.24, 2.45) is 10.8 Å². The number of ether oxygens (including phenoxy) is 1. The highest BCUT2D eigenvalue weighted by molar-refractivity contribution is 5.68. The summed E-state index contributed by atoms with van der Waals surface area (Å²) in [6.45, 7) is 17.8. The number of alkyl carbamates (subject to hydrolysis) is 1. The largest absolute Gasteiger partial charge is 0.444 e. The molecule has 1 amide bonds. The molecule has 0 bridgehead atoms. The summed E-state index contributed by atoms with van der Waals surface area (Å²) >= 11 is 0. The SMILES string of the molecule is CC(CNC1CC(C)(C)CC(C)(C)C1)NC(=O)OC(C)(C)C. The Morgan fingerprint density at radius 2 is 1.68 bits per heavy atom. The fourth-order valence-electron chi connectivity index (χ4n) is 3.89. The molecule has 1 atom stereocenters. The number of hydrogen-bond acceptors (Lipinski definition) is 3. The molecule has 2 N–H and O–H groups in total. The standard InChI is InChI=1S/C18H36N2O2/c1-13(20-15(21)22-16(2,3)4)11-19-14-9-17(5,6)12-18(7,8)10-14/h13-14,19H,9-12H2,1-8H3,(H,20,21). The van der Waals surface area contributed by atoms with Crippen LogP contribution in [0.4, 0.5) is 4.79 Å². The molecule has 1 unspecified atom stereocenters. The Hall–Kier alpha value is -0.770. The summed E-state index contributed by atoms with van der Waals surface area (Å²) in [7, 11) is 0. The highest BCUT2D eigenvalue weighted by atomic mass is 16.6. The van der Waals surface area contributed by atoms with Crippen molar-refractivity contribution in [3.63, 3.8) is 0 Å². The molecule has 1 aliphatic carbocycles. The van der Waals surface area contributed by atoms with E-state index < -0.39 is 5.60 Å². The minimum Gasteiger partial charge on any atom is -0.444 e. The van der Waals surface area contributed by atoms with E-state index in [0.717, 1.165) is 6.54 Å². The highest BCUT2D eigenvalue weighted by Crippen LogP contribution is 2.45. The van der Waals surface area contributed by atoms with Gasteiger partial charge in [-0.15, -0.1) is 0 Å². The van der Waals surface area contributed by atoms with Crippen molar-refractivity contribution in [1.29, 1.82) is 0 Å². The molecule has 0 aromatic carbocycles. The Morgan fingerprint density at radius 1 is 1.18 bits per heavy atom. The van der Waals surface area contributed by atoms with Crippen molar-refractivity contribution in [2.75, 3.05) is 6.54 Å². The Kier molecular flexibility index (Phi) is 5.94. The predicted molar refractivity (Wildman–Crippen MR) is 92.0 cm³/mol. The summed E-state index contributed by atoms with van der Waals surface area (Å²) < 4.78 is 5.29. The van der Waals surface area contributed by atoms with Gasteiger partial charge in [0, 0.05) is 18.6 Å². The molecule has 4 heteroatoms. The molecular weight excluding hydrogens is 276 g/mol. The lowest BCUT2D eigenvalue weighted by atomic mass is 9.63. The molecule has 22 heavy (non-hydrogen) atoms. The van der Waals surface area contributed by atoms with E-state index in [2.05, 4.69) is 38.3 Å². The lowest BCUT2D eigenvalue weighted by Gasteiger charge is -2.45. The van der Waals surface area contributed by atoms with Crippen LogP contribution in [0.3, 0.4) is 0 Å². The molecule has 1 saturated carbocycles. The smallest absolute Gasteiger partial charge is 0.407 e. The van der Waals surface area contributed by atoms with E-state index in [0.29, 0.717) is 16.9 Å². The highest BCUT2D eigenvalue weighted by Gasteiger charge is 2.38. The topological polar surface area (TPSA) is 50.4 Å². The normalized spacial score (nSPS) is 22.9. The Bertz CT molecular complexity index is 367. The van der Waals surface area contributed by atoms with Crippen LogP contribution in [0.5, 0.6) is 0 Å². The molecule has 1 rings (SSSR count). The van der Waals surface area contributed by atoms with Gasteiger partial charge >= 0.3 is 6.09 Å². The van der Waals surface area contributed by atoms with Gasteiger partial charge in [-0.3, -0.25) is 0 Å². The lowest BCUT2D eigenvalue weighted by molar-refractivity contribution is 0.0499. The molecule has 0 spiro atoms. The van der Waals surface area contributed by atoms with Crippen LogP contribution in [0.25, 0.3) is 0 Å². The zero-order chi connectivity index (χ0) is 17.2. The summed E-state index contributed by atoms with van der Waals surface area (Å²) in [6.07, 6.45) is 3.31. The fourth-order valence-corrected chi connectivity index (χ4v) is 3.89. The summed E-state index contributed by atoms with van der Waals surface area (Å²) in [5.41, 5.74) is 0.303. The zero-order valence-corrected chi connectivity index (χ0v) is 15.8. The second kappa shape index (κ2) is 6.77. The molecule has 1 fully saturated rings. The van der Waals surface area contributed by atoms with Gasteiger partial charge in [-0.2, -0.15) is 0 Å². The molecule has 130 valence electrons. The van der Waals surface area contributed by atoms with Crippen LogP contribution in [-0.4, -0.2) is 30.3 Å². The van der Waals surface area contributed by atoms with Gasteiger partial charge in [0.15, 0.2) is 0 Å². The Labute approximate surface area is 136 Å². The first kappa shape index (κ1) is 19.3. The third kappa shape index (κ3) is 7.48. The van der Waals surface area contributed by atoms with Gasteiger partial charge in [0.2, 0.25) is 0 Å². The maximum absolute atomic E-state index is 11.8. The molecule has 0 aliphatic heterocycles. The second-order valence-electron chi connectivity index (χ2n) is 9.57. The lowest BCUT2D eigenvalue weighted by Crippen LogP contribution is -2.49. The zero-order valence-electron chi connectivity index (χ0n) is 15.8. The average molecular weight is 312 g/mol. The second-order valence-corrected chi connectivity index (χ2v) is 9.57. The molecule has 0 saturated heterocycles. The van der Waals surface area contributed by atoms with E-state index >= 15 is 0 Å². The first-order chi connectivity index (χ1) is 9.78. The summed E-state index contributed by atoms with van der Waals surface area (Å²) in [4.78, 5) is 11.8. The van der Waals surface area contributed by atoms with E-state index in [1.807, 2.05) is 27.7 Å². The maximum atomic E-state index is 11.8. The Balaban J connectivity index is 2.40. The number of hydrogen-bond donors (Lipinski definition) is 2. The van der Waals surface area contributed by atoms with E-state index in [4.69, 9.17) is 4.74 Å². The molecule has 0 radical (unpaired) electrons. The van der Waals surface area contributed by atoms with Gasteiger partial charge in [0.25, 0.3) is 0 Å². The minimum atomic E-state index is -0.450. The van der Waals surface area contributed by atoms with E-state index in [1.54, 1.807) is 0 Å². The van der Waals surface area contributed by atoms with Crippen LogP contribution in [0.1, 0.15) is 74.7 Å². The minimum absolute atomic E-state index is 0.0583. The van der Waals surface area contributed by atoms with Crippen LogP contribution in [-0.2, 0) is 4.74 Å². The van der Waals surface area contributed by atoms with Crippen molar-refractivity contribution in [3.05, 3.63) is 0 Å². The number of nitrogens with one attached hydrogen (secondary N) is 2. The maximum Gasteiger partial charge on any atom is 0.407 e. The summed E-state index contributed by atoms with van der Waals surface area (Å²) in [6, 6.07) is 0.574. The first-order valence-electron chi connectivity index (χ1n) is 8.51. The number of amides is 1. The predicted octanol–water partition coefficient (Wildman–Crippen LogP) is 4.09. The van der Waals surface area contributed by atoms with Gasteiger partial charge in [-0.05, 0) is 57.8 Å². The number of carbonyl (C=O) groups excluding carboxylic acids is 1. The summed E-state index contributed by atoms with van der Waals surface area (Å²) in [5, 5.41) is 6.52. The van der Waals surface area contributed by atoms with Crippen LogP contribution in [0.15, 0.2) is 0 Å². The number of carbonyl (C=O) groups is 1. The molecule has 0 aromatic rings. The van der Waals surface area contributed by atoms with Gasteiger partial charge in [0.1, 0.15) is 5.60 Å². The van der Waals surface area contributed by atoms with Gasteiger partial charge < -0.3 is 15.4 Å². The van der Waals surface area contributed by atoms with Crippen molar-refractivity contribution < 1.29 is 9.53 Å². The average Bonchev–Trinajstić information content (AvgIpc) is 2.18. The molecule has 1 aliphatic rings. The van der Waals surface area contributed by atoms with Crippen LogP contribution >= 0.6 is 0 Å². The van der Waals surface area contributed by atoms with Crippen molar-refractivity contribution in [2.45, 2.75) is 92.3 Å². The monoisotopic (exact) mass is 312 g/mol. The quantitative estimate of drug-likeness (QED) is 0.822. The van der Waals surface area contributed by atoms with Crippen molar-refractivity contribution in [3.8, 4) is 0 Å². The molecule has 0 heterocycles. The van der Waals surface area contributed by atoms with E-state index in [-0.39, 0.29) is 12.1 Å². The van der Waals surface area contributed by atoms with Crippen LogP contribution in [0.2, 0.25) is 0 Å². The fraction of sp³-hybridized carbons (Fsp3) is 0.944. The molecule has 0 aromatic heterocycles.